The molecule has 24 heavy (non-hydrogen) atoms. The zero-order valence-corrected chi connectivity index (χ0v) is 14.1. The van der Waals surface area contributed by atoms with Gasteiger partial charge in [-0.25, -0.2) is 0 Å². The number of nitro benzene ring substituents is 1. The van der Waals surface area contributed by atoms with Crippen molar-refractivity contribution in [2.45, 2.75) is 32.7 Å². The van der Waals surface area contributed by atoms with Crippen LogP contribution in [-0.4, -0.2) is 15.9 Å². The van der Waals surface area contributed by atoms with Crippen LogP contribution in [0.2, 0.25) is 0 Å². The largest absolute Gasteiger partial charge is 0.508 e. The number of aromatic hydroxyl groups is 1. The zero-order chi connectivity index (χ0) is 17.3. The van der Waals surface area contributed by atoms with E-state index in [-0.39, 0.29) is 23.9 Å². The molecule has 0 saturated heterocycles. The Morgan fingerprint density at radius 3 is 3.00 bits per heavy atom. The van der Waals surface area contributed by atoms with Gasteiger partial charge in [-0.3, -0.25) is 14.9 Å². The molecular formula is C17H18N2O4S. The molecule has 1 heterocycles. The van der Waals surface area contributed by atoms with Crippen LogP contribution in [0.5, 0.6) is 5.75 Å². The van der Waals surface area contributed by atoms with Crippen molar-refractivity contribution in [2.24, 2.45) is 5.92 Å². The smallest absolute Gasteiger partial charge is 0.270 e. The van der Waals surface area contributed by atoms with Gasteiger partial charge in [0.25, 0.3) is 11.6 Å². The van der Waals surface area contributed by atoms with Crippen molar-refractivity contribution in [3.05, 3.63) is 55.3 Å². The van der Waals surface area contributed by atoms with Crippen LogP contribution >= 0.6 is 11.3 Å². The second kappa shape index (κ2) is 6.60. The third-order valence-electron chi connectivity index (χ3n) is 4.27. The maximum Gasteiger partial charge on any atom is 0.270 e. The molecule has 0 fully saturated rings. The number of benzene rings is 1. The Morgan fingerprint density at radius 2 is 2.25 bits per heavy atom. The minimum absolute atomic E-state index is 0.0469. The second-order valence-corrected chi connectivity index (χ2v) is 7.30. The van der Waals surface area contributed by atoms with E-state index in [0.29, 0.717) is 16.4 Å². The van der Waals surface area contributed by atoms with Crippen molar-refractivity contribution < 1.29 is 14.8 Å². The first kappa shape index (κ1) is 16.4. The van der Waals surface area contributed by atoms with E-state index in [1.807, 2.05) is 6.07 Å². The Morgan fingerprint density at radius 1 is 1.46 bits per heavy atom. The predicted molar refractivity (Wildman–Crippen MR) is 91.4 cm³/mol. The van der Waals surface area contributed by atoms with Crippen LogP contribution in [0, 0.1) is 16.0 Å². The number of nitrogens with one attached hydrogen (secondary N) is 1. The fraction of sp³-hybridized carbons (Fsp3) is 0.353. The van der Waals surface area contributed by atoms with Gasteiger partial charge in [-0.05, 0) is 42.9 Å². The number of aryl methyl sites for hydroxylation is 1. The van der Waals surface area contributed by atoms with E-state index in [0.717, 1.165) is 19.3 Å². The number of thiophene rings is 1. The highest BCUT2D eigenvalue weighted by molar-refractivity contribution is 7.14. The zero-order valence-electron chi connectivity index (χ0n) is 13.2. The Labute approximate surface area is 143 Å². The molecule has 0 unspecified atom stereocenters. The normalized spacial score (nSPS) is 16.5. The average molecular weight is 346 g/mol. The number of amides is 1. The maximum atomic E-state index is 12.3. The lowest BCUT2D eigenvalue weighted by molar-refractivity contribution is -0.384. The van der Waals surface area contributed by atoms with Crippen molar-refractivity contribution in [3.63, 3.8) is 0 Å². The van der Waals surface area contributed by atoms with E-state index in [4.69, 9.17) is 0 Å². The lowest BCUT2D eigenvalue weighted by Gasteiger charge is -2.16. The summed E-state index contributed by atoms with van der Waals surface area (Å²) in [6.45, 7) is 2.26. The number of phenols is 1. The van der Waals surface area contributed by atoms with Crippen LogP contribution in [0.4, 0.5) is 5.69 Å². The molecule has 6 nitrogen and oxygen atoms in total. The highest BCUT2D eigenvalue weighted by Gasteiger charge is 2.21. The number of fused-ring (bicyclic) bond motifs is 1. The fourth-order valence-electron chi connectivity index (χ4n) is 2.91. The van der Waals surface area contributed by atoms with Gasteiger partial charge in [0.2, 0.25) is 0 Å². The van der Waals surface area contributed by atoms with Gasteiger partial charge >= 0.3 is 0 Å². The van der Waals surface area contributed by atoms with Crippen molar-refractivity contribution in [3.8, 4) is 5.75 Å². The van der Waals surface area contributed by atoms with Crippen molar-refractivity contribution in [1.82, 2.24) is 5.32 Å². The molecule has 2 aromatic rings. The summed E-state index contributed by atoms with van der Waals surface area (Å²) in [5.41, 5.74) is 1.47. The molecule has 2 N–H and O–H groups in total. The Balaban J connectivity index is 1.70. The number of carbonyl (C=O) groups excluding carboxylic acids is 1. The molecule has 0 spiro atoms. The van der Waals surface area contributed by atoms with E-state index in [1.165, 1.54) is 40.0 Å². The third kappa shape index (κ3) is 3.41. The number of nitro groups is 1. The molecule has 1 aliphatic rings. The average Bonchev–Trinajstić information content (AvgIpc) is 2.96. The summed E-state index contributed by atoms with van der Waals surface area (Å²) < 4.78 is 0. The summed E-state index contributed by atoms with van der Waals surface area (Å²) >= 11 is 1.51. The van der Waals surface area contributed by atoms with Gasteiger partial charge in [-0.2, -0.15) is 0 Å². The molecule has 1 amide bonds. The third-order valence-corrected chi connectivity index (χ3v) is 5.50. The van der Waals surface area contributed by atoms with Crippen molar-refractivity contribution in [2.75, 3.05) is 0 Å². The quantitative estimate of drug-likeness (QED) is 0.655. The number of phenolic OH excluding ortho intramolecular Hbond substituents is 1. The number of carbonyl (C=O) groups is 1. The first-order valence-corrected chi connectivity index (χ1v) is 8.61. The number of hydrogen-bond donors (Lipinski definition) is 2. The molecule has 0 radical (unpaired) electrons. The molecule has 7 heteroatoms. The van der Waals surface area contributed by atoms with Crippen LogP contribution in [0.25, 0.3) is 0 Å². The molecule has 1 aliphatic carbocycles. The summed E-state index contributed by atoms with van der Waals surface area (Å²) in [5.74, 6) is 0.359. The van der Waals surface area contributed by atoms with Crippen LogP contribution in [0.3, 0.4) is 0 Å². The number of nitrogens with zero attached hydrogens (tertiary/aromatic N) is 1. The fourth-order valence-corrected chi connectivity index (χ4v) is 4.03. The summed E-state index contributed by atoms with van der Waals surface area (Å²) in [5, 5.41) is 23.3. The van der Waals surface area contributed by atoms with Gasteiger partial charge in [-0.15, -0.1) is 11.3 Å². The van der Waals surface area contributed by atoms with Gasteiger partial charge in [0.15, 0.2) is 0 Å². The summed E-state index contributed by atoms with van der Waals surface area (Å²) in [6, 6.07) is 5.72. The van der Waals surface area contributed by atoms with Gasteiger partial charge in [0.1, 0.15) is 5.75 Å². The molecular weight excluding hydrogens is 328 g/mol. The number of non-ortho nitro benzene ring substituents is 1. The molecule has 126 valence electrons. The molecule has 0 saturated carbocycles. The van der Waals surface area contributed by atoms with E-state index in [1.54, 1.807) is 0 Å². The van der Waals surface area contributed by atoms with Crippen LogP contribution < -0.4 is 5.32 Å². The number of rotatable bonds is 4. The Bertz CT molecular complexity index is 800. The topological polar surface area (TPSA) is 92.5 Å². The van der Waals surface area contributed by atoms with Gasteiger partial charge < -0.3 is 10.4 Å². The van der Waals surface area contributed by atoms with Crippen molar-refractivity contribution >= 4 is 22.9 Å². The van der Waals surface area contributed by atoms with Crippen molar-refractivity contribution in [1.29, 1.82) is 0 Å². The van der Waals surface area contributed by atoms with E-state index in [9.17, 15) is 20.0 Å². The standard InChI is InChI=1S/C17H18N2O4S/c1-10-2-5-15-11(6-10)8-16(24-15)17(21)18-9-12-7-13(19(22)23)3-4-14(12)20/h3-4,7-8,10,20H,2,5-6,9H2,1H3,(H,18,21)/t10-/m0/s1. The minimum Gasteiger partial charge on any atom is -0.508 e. The molecule has 0 bridgehead atoms. The van der Waals surface area contributed by atoms with Crippen LogP contribution in [0.1, 0.15) is 39.0 Å². The van der Waals surface area contributed by atoms with Crippen LogP contribution in [0.15, 0.2) is 24.3 Å². The number of hydrogen-bond acceptors (Lipinski definition) is 5. The molecule has 1 aromatic carbocycles. The first-order valence-electron chi connectivity index (χ1n) is 7.80. The van der Waals surface area contributed by atoms with E-state index in [2.05, 4.69) is 12.2 Å². The molecule has 1 atom stereocenters. The Kier molecular flexibility index (Phi) is 4.53. The highest BCUT2D eigenvalue weighted by atomic mass is 32.1. The minimum atomic E-state index is -0.529. The molecule has 0 aliphatic heterocycles. The first-order chi connectivity index (χ1) is 11.4. The van der Waals surface area contributed by atoms with Gasteiger partial charge in [-0.1, -0.05) is 6.92 Å². The lowest BCUT2D eigenvalue weighted by atomic mass is 9.90. The monoisotopic (exact) mass is 346 g/mol. The Hall–Kier alpha value is -2.41. The molecule has 3 rings (SSSR count). The summed E-state index contributed by atoms with van der Waals surface area (Å²) in [7, 11) is 0. The second-order valence-electron chi connectivity index (χ2n) is 6.16. The SMILES string of the molecule is C[C@H]1CCc2sc(C(=O)NCc3cc([N+](=O)[O-])ccc3O)cc2C1. The van der Waals surface area contributed by atoms with Gasteiger partial charge in [0, 0.05) is 29.1 Å². The van der Waals surface area contributed by atoms with Gasteiger partial charge in [0.05, 0.1) is 9.80 Å². The highest BCUT2D eigenvalue weighted by Crippen LogP contribution is 2.32. The maximum absolute atomic E-state index is 12.3. The summed E-state index contributed by atoms with van der Waals surface area (Å²) in [6.07, 6.45) is 3.17. The summed E-state index contributed by atoms with van der Waals surface area (Å²) in [4.78, 5) is 24.5. The molecule has 1 aromatic heterocycles. The van der Waals surface area contributed by atoms with E-state index >= 15 is 0 Å². The van der Waals surface area contributed by atoms with Crippen LogP contribution in [-0.2, 0) is 19.4 Å². The van der Waals surface area contributed by atoms with E-state index < -0.39 is 4.92 Å². The predicted octanol–water partition coefficient (Wildman–Crippen LogP) is 3.42. The lowest BCUT2D eigenvalue weighted by Crippen LogP contribution is -2.21.